The number of tetrazole rings is 1. The minimum atomic E-state index is -4.35. The van der Waals surface area contributed by atoms with Gasteiger partial charge in [0.1, 0.15) is 5.82 Å². The molecule has 3 aromatic rings. The van der Waals surface area contributed by atoms with Crippen molar-refractivity contribution >= 4 is 11.5 Å². The molecule has 9 heteroatoms. The molecule has 0 radical (unpaired) electrons. The van der Waals surface area contributed by atoms with Gasteiger partial charge in [0.15, 0.2) is 5.65 Å². The summed E-state index contributed by atoms with van der Waals surface area (Å²) in [5.41, 5.74) is 0.314. The molecule has 1 N–H and O–H groups in total. The molecule has 0 aliphatic rings. The van der Waals surface area contributed by atoms with E-state index in [1.807, 2.05) is 0 Å². The van der Waals surface area contributed by atoms with E-state index >= 15 is 0 Å². The molecular formula is C12H9F3N6. The number of fused-ring (bicyclic) bond motifs is 1. The maximum Gasteiger partial charge on any atom is 0.416 e. The zero-order valence-electron chi connectivity index (χ0n) is 10.5. The van der Waals surface area contributed by atoms with Crippen LogP contribution in [-0.4, -0.2) is 25.3 Å². The maximum atomic E-state index is 12.6. The molecule has 0 aliphatic heterocycles. The van der Waals surface area contributed by atoms with Crippen LogP contribution in [-0.2, 0) is 12.7 Å². The van der Waals surface area contributed by atoms with Crippen LogP contribution in [0.1, 0.15) is 11.1 Å². The summed E-state index contributed by atoms with van der Waals surface area (Å²) in [6, 6.07) is 8.42. The van der Waals surface area contributed by atoms with Gasteiger partial charge in [-0.05, 0) is 40.3 Å². The van der Waals surface area contributed by atoms with Gasteiger partial charge in [-0.15, -0.1) is 14.8 Å². The Morgan fingerprint density at radius 3 is 2.81 bits per heavy atom. The standard InChI is InChI=1S/C12H9F3N6/c13-12(14,15)9-3-1-2-8(6-9)7-16-10-4-5-11-17-19-20-21(11)18-10/h1-6H,7H2,(H,16,18). The molecule has 6 nitrogen and oxygen atoms in total. The summed E-state index contributed by atoms with van der Waals surface area (Å²) in [6.45, 7) is 0.213. The Hall–Kier alpha value is -2.71. The van der Waals surface area contributed by atoms with E-state index < -0.39 is 11.7 Å². The molecule has 21 heavy (non-hydrogen) atoms. The molecule has 0 fully saturated rings. The van der Waals surface area contributed by atoms with E-state index in [9.17, 15) is 13.2 Å². The minimum absolute atomic E-state index is 0.213. The van der Waals surface area contributed by atoms with Crippen LogP contribution in [0, 0.1) is 0 Å². The van der Waals surface area contributed by atoms with Crippen LogP contribution < -0.4 is 5.32 Å². The highest BCUT2D eigenvalue weighted by molar-refractivity contribution is 5.42. The molecule has 0 aliphatic carbocycles. The van der Waals surface area contributed by atoms with Gasteiger partial charge in [0.25, 0.3) is 0 Å². The van der Waals surface area contributed by atoms with Gasteiger partial charge in [-0.25, -0.2) is 0 Å². The molecular weight excluding hydrogens is 285 g/mol. The predicted molar refractivity (Wildman–Crippen MR) is 67.3 cm³/mol. The third-order valence-corrected chi connectivity index (χ3v) is 2.80. The first-order valence-corrected chi connectivity index (χ1v) is 5.98. The lowest BCUT2D eigenvalue weighted by molar-refractivity contribution is -0.137. The first kappa shape index (κ1) is 13.3. The second-order valence-electron chi connectivity index (χ2n) is 4.30. The highest BCUT2D eigenvalue weighted by atomic mass is 19.4. The molecule has 0 saturated heterocycles. The molecule has 0 amide bonds. The van der Waals surface area contributed by atoms with E-state index in [4.69, 9.17) is 0 Å². The molecule has 2 heterocycles. The van der Waals surface area contributed by atoms with Gasteiger partial charge in [-0.2, -0.15) is 13.2 Å². The minimum Gasteiger partial charge on any atom is -0.365 e. The van der Waals surface area contributed by atoms with Crippen LogP contribution in [0.4, 0.5) is 19.0 Å². The number of benzene rings is 1. The molecule has 0 unspecified atom stereocenters. The summed E-state index contributed by atoms with van der Waals surface area (Å²) in [5, 5.41) is 17.8. The maximum absolute atomic E-state index is 12.6. The summed E-state index contributed by atoms with van der Waals surface area (Å²) in [7, 11) is 0. The van der Waals surface area contributed by atoms with Gasteiger partial charge in [0.05, 0.1) is 5.56 Å². The fourth-order valence-electron chi connectivity index (χ4n) is 1.79. The van der Waals surface area contributed by atoms with Crippen LogP contribution in [0.5, 0.6) is 0 Å². The van der Waals surface area contributed by atoms with E-state index in [2.05, 4.69) is 25.9 Å². The highest BCUT2D eigenvalue weighted by Gasteiger charge is 2.30. The number of hydrogen-bond donors (Lipinski definition) is 1. The average Bonchev–Trinajstić information content (AvgIpc) is 2.92. The van der Waals surface area contributed by atoms with Gasteiger partial charge >= 0.3 is 6.18 Å². The van der Waals surface area contributed by atoms with Crippen molar-refractivity contribution in [3.05, 3.63) is 47.5 Å². The number of nitrogens with one attached hydrogen (secondary N) is 1. The monoisotopic (exact) mass is 294 g/mol. The molecule has 0 atom stereocenters. The van der Waals surface area contributed by atoms with Crippen LogP contribution in [0.3, 0.4) is 0 Å². The van der Waals surface area contributed by atoms with Crippen LogP contribution in [0.2, 0.25) is 0 Å². The number of alkyl halides is 3. The zero-order chi connectivity index (χ0) is 14.9. The Labute approximate surface area is 116 Å². The third kappa shape index (κ3) is 2.91. The van der Waals surface area contributed by atoms with E-state index in [-0.39, 0.29) is 6.54 Å². The predicted octanol–water partition coefficient (Wildman–Crippen LogP) is 2.15. The largest absolute Gasteiger partial charge is 0.416 e. The molecule has 1 aromatic carbocycles. The van der Waals surface area contributed by atoms with Gasteiger partial charge in [-0.1, -0.05) is 12.1 Å². The van der Waals surface area contributed by atoms with Crippen molar-refractivity contribution < 1.29 is 13.2 Å². The second-order valence-corrected chi connectivity index (χ2v) is 4.30. The van der Waals surface area contributed by atoms with Gasteiger partial charge in [0.2, 0.25) is 0 Å². The van der Waals surface area contributed by atoms with Crippen molar-refractivity contribution in [3.63, 3.8) is 0 Å². The smallest absolute Gasteiger partial charge is 0.365 e. The zero-order valence-corrected chi connectivity index (χ0v) is 10.5. The number of hydrogen-bond acceptors (Lipinski definition) is 5. The van der Waals surface area contributed by atoms with Crippen molar-refractivity contribution in [1.29, 1.82) is 0 Å². The summed E-state index contributed by atoms with van der Waals surface area (Å²) >= 11 is 0. The van der Waals surface area contributed by atoms with Crippen LogP contribution in [0.25, 0.3) is 5.65 Å². The Morgan fingerprint density at radius 1 is 1.14 bits per heavy atom. The lowest BCUT2D eigenvalue weighted by Crippen LogP contribution is -2.08. The average molecular weight is 294 g/mol. The number of anilines is 1. The molecule has 108 valence electrons. The Balaban J connectivity index is 1.75. The SMILES string of the molecule is FC(F)(F)c1cccc(CNc2ccc3nnnn3n2)c1. The highest BCUT2D eigenvalue weighted by Crippen LogP contribution is 2.29. The Morgan fingerprint density at radius 2 is 2.00 bits per heavy atom. The van der Waals surface area contributed by atoms with Crippen LogP contribution in [0.15, 0.2) is 36.4 Å². The summed E-state index contributed by atoms with van der Waals surface area (Å²) in [6.07, 6.45) is -4.35. The van der Waals surface area contributed by atoms with Crippen molar-refractivity contribution in [3.8, 4) is 0 Å². The Kier molecular flexibility index (Phi) is 3.16. The van der Waals surface area contributed by atoms with E-state index in [1.165, 1.54) is 10.7 Å². The number of aromatic nitrogens is 5. The first-order valence-electron chi connectivity index (χ1n) is 5.98. The van der Waals surface area contributed by atoms with Crippen molar-refractivity contribution in [2.24, 2.45) is 0 Å². The number of rotatable bonds is 3. The molecule has 0 saturated carbocycles. The Bertz CT molecular complexity index is 767. The number of halogens is 3. The van der Waals surface area contributed by atoms with Crippen molar-refractivity contribution in [2.45, 2.75) is 12.7 Å². The van der Waals surface area contributed by atoms with Crippen molar-refractivity contribution in [1.82, 2.24) is 25.3 Å². The van der Waals surface area contributed by atoms with Crippen LogP contribution >= 0.6 is 0 Å². The second kappa shape index (κ2) is 5.00. The molecule has 2 aromatic heterocycles. The normalized spacial score (nSPS) is 11.8. The lowest BCUT2D eigenvalue weighted by atomic mass is 10.1. The van der Waals surface area contributed by atoms with Gasteiger partial charge in [0, 0.05) is 6.54 Å². The van der Waals surface area contributed by atoms with E-state index in [0.29, 0.717) is 17.0 Å². The molecule has 3 rings (SSSR count). The van der Waals surface area contributed by atoms with E-state index in [0.717, 1.165) is 12.1 Å². The summed E-state index contributed by atoms with van der Waals surface area (Å²) < 4.78 is 39.1. The quantitative estimate of drug-likeness (QED) is 0.801. The summed E-state index contributed by atoms with van der Waals surface area (Å²) in [4.78, 5) is 0. The van der Waals surface area contributed by atoms with Crippen molar-refractivity contribution in [2.75, 3.05) is 5.32 Å². The third-order valence-electron chi connectivity index (χ3n) is 2.80. The van der Waals surface area contributed by atoms with Gasteiger partial charge in [-0.3, -0.25) is 0 Å². The molecule has 0 bridgehead atoms. The summed E-state index contributed by atoms with van der Waals surface area (Å²) in [5.74, 6) is 0.465. The lowest BCUT2D eigenvalue weighted by Gasteiger charge is -2.09. The first-order chi connectivity index (χ1) is 10.0. The van der Waals surface area contributed by atoms with Gasteiger partial charge < -0.3 is 5.32 Å². The topological polar surface area (TPSA) is 68.0 Å². The van der Waals surface area contributed by atoms with E-state index in [1.54, 1.807) is 18.2 Å². The molecule has 0 spiro atoms. The fraction of sp³-hybridized carbons (Fsp3) is 0.167. The number of nitrogens with zero attached hydrogens (tertiary/aromatic N) is 5. The fourth-order valence-corrected chi connectivity index (χ4v) is 1.79.